The molecule has 2 N–H and O–H groups in total. The Morgan fingerprint density at radius 3 is 2.85 bits per heavy atom. The molecule has 0 fully saturated rings. The first-order chi connectivity index (χ1) is 9.74. The minimum Gasteiger partial charge on any atom is -0.494 e. The van der Waals surface area contributed by atoms with E-state index in [1.807, 2.05) is 31.2 Å². The topological polar surface area (TPSA) is 79.9 Å². The zero-order valence-electron chi connectivity index (χ0n) is 11.4. The average molecular weight is 274 g/mol. The van der Waals surface area contributed by atoms with Gasteiger partial charge in [0.25, 0.3) is 0 Å². The highest BCUT2D eigenvalue weighted by Gasteiger charge is 2.03. The average Bonchev–Trinajstić information content (AvgIpc) is 2.96. The van der Waals surface area contributed by atoms with Gasteiger partial charge in [-0.05, 0) is 25.5 Å². The second-order valence-electron chi connectivity index (χ2n) is 4.47. The Morgan fingerprint density at radius 2 is 2.15 bits per heavy atom. The van der Waals surface area contributed by atoms with Gasteiger partial charge in [-0.1, -0.05) is 17.7 Å². The lowest BCUT2D eigenvalue weighted by Crippen LogP contribution is -2.23. The van der Waals surface area contributed by atoms with Gasteiger partial charge in [-0.2, -0.15) is 5.10 Å². The summed E-state index contributed by atoms with van der Waals surface area (Å²) >= 11 is 0. The number of nitrogens with zero attached hydrogens (tertiary/aromatic N) is 2. The third kappa shape index (κ3) is 4.72. The van der Waals surface area contributed by atoms with Gasteiger partial charge in [0.1, 0.15) is 17.9 Å². The zero-order chi connectivity index (χ0) is 14.2. The number of carbonyl (C=O) groups is 1. The molecule has 1 aromatic heterocycles. The number of H-pyrrole nitrogens is 1. The van der Waals surface area contributed by atoms with Crippen molar-refractivity contribution in [3.05, 3.63) is 42.0 Å². The summed E-state index contributed by atoms with van der Waals surface area (Å²) in [5.41, 5.74) is 1.20. The molecule has 106 valence electrons. The lowest BCUT2D eigenvalue weighted by molar-refractivity contribution is -0.121. The predicted molar refractivity (Wildman–Crippen MR) is 74.1 cm³/mol. The lowest BCUT2D eigenvalue weighted by atomic mass is 10.2. The normalized spacial score (nSPS) is 10.2. The van der Waals surface area contributed by atoms with Gasteiger partial charge in [-0.3, -0.25) is 9.89 Å². The Balaban J connectivity index is 1.58. The molecule has 0 saturated carbocycles. The van der Waals surface area contributed by atoms with Crippen LogP contribution in [-0.2, 0) is 11.3 Å². The van der Waals surface area contributed by atoms with Crippen LogP contribution in [0.5, 0.6) is 5.75 Å². The summed E-state index contributed by atoms with van der Waals surface area (Å²) in [6.45, 7) is 2.93. The molecule has 0 aliphatic carbocycles. The number of rotatable bonds is 7. The highest BCUT2D eigenvalue weighted by molar-refractivity contribution is 5.75. The minimum absolute atomic E-state index is 0.0195. The summed E-state index contributed by atoms with van der Waals surface area (Å²) in [5, 5.41) is 9.16. The molecule has 20 heavy (non-hydrogen) atoms. The van der Waals surface area contributed by atoms with Gasteiger partial charge in [0.05, 0.1) is 13.2 Å². The molecule has 0 bridgehead atoms. The fourth-order valence-electron chi connectivity index (χ4n) is 1.64. The van der Waals surface area contributed by atoms with Crippen LogP contribution in [0.15, 0.2) is 30.6 Å². The van der Waals surface area contributed by atoms with Gasteiger partial charge >= 0.3 is 0 Å². The maximum absolute atomic E-state index is 11.6. The maximum atomic E-state index is 11.6. The van der Waals surface area contributed by atoms with Crippen LogP contribution in [0.25, 0.3) is 0 Å². The van der Waals surface area contributed by atoms with Crippen molar-refractivity contribution in [3.8, 4) is 5.75 Å². The number of nitrogens with one attached hydrogen (secondary N) is 2. The number of hydrogen-bond donors (Lipinski definition) is 2. The lowest BCUT2D eigenvalue weighted by Gasteiger charge is -2.06. The molecule has 0 aliphatic rings. The van der Waals surface area contributed by atoms with Gasteiger partial charge in [0.2, 0.25) is 5.91 Å². The number of ether oxygens (including phenoxy) is 1. The number of aryl methyl sites for hydroxylation is 1. The summed E-state index contributed by atoms with van der Waals surface area (Å²) < 4.78 is 5.55. The van der Waals surface area contributed by atoms with Gasteiger partial charge in [0, 0.05) is 6.42 Å². The van der Waals surface area contributed by atoms with Crippen LogP contribution in [0.4, 0.5) is 0 Å². The van der Waals surface area contributed by atoms with Crippen molar-refractivity contribution >= 4 is 5.91 Å². The SMILES string of the molecule is Cc1ccc(OCCCC(=O)NCc2ncn[nH]2)cc1. The second kappa shape index (κ2) is 7.28. The summed E-state index contributed by atoms with van der Waals surface area (Å²) in [6.07, 6.45) is 2.52. The fraction of sp³-hybridized carbons (Fsp3) is 0.357. The van der Waals surface area contributed by atoms with Crippen molar-refractivity contribution in [2.75, 3.05) is 6.61 Å². The number of aromatic amines is 1. The molecule has 0 atom stereocenters. The predicted octanol–water partition coefficient (Wildman–Crippen LogP) is 1.59. The van der Waals surface area contributed by atoms with E-state index in [0.717, 1.165) is 5.75 Å². The maximum Gasteiger partial charge on any atom is 0.220 e. The quantitative estimate of drug-likeness (QED) is 0.751. The van der Waals surface area contributed by atoms with Gasteiger partial charge in [0.15, 0.2) is 0 Å². The minimum atomic E-state index is -0.0195. The van der Waals surface area contributed by atoms with Crippen molar-refractivity contribution in [2.45, 2.75) is 26.3 Å². The molecule has 6 nitrogen and oxygen atoms in total. The van der Waals surface area contributed by atoms with Crippen LogP contribution in [-0.4, -0.2) is 27.7 Å². The van der Waals surface area contributed by atoms with E-state index >= 15 is 0 Å². The van der Waals surface area contributed by atoms with E-state index in [-0.39, 0.29) is 5.91 Å². The molecule has 1 amide bonds. The Bertz CT molecular complexity index is 523. The van der Waals surface area contributed by atoms with Crippen molar-refractivity contribution in [3.63, 3.8) is 0 Å². The van der Waals surface area contributed by atoms with E-state index in [2.05, 4.69) is 20.5 Å². The van der Waals surface area contributed by atoms with Crippen molar-refractivity contribution in [1.82, 2.24) is 20.5 Å². The first kappa shape index (κ1) is 14.0. The molecule has 0 radical (unpaired) electrons. The summed E-state index contributed by atoms with van der Waals surface area (Å²) in [6, 6.07) is 7.86. The molecule has 0 aliphatic heterocycles. The zero-order valence-corrected chi connectivity index (χ0v) is 11.4. The number of amides is 1. The van der Waals surface area contributed by atoms with E-state index in [9.17, 15) is 4.79 Å². The van der Waals surface area contributed by atoms with Crippen molar-refractivity contribution < 1.29 is 9.53 Å². The van der Waals surface area contributed by atoms with Crippen LogP contribution in [0.2, 0.25) is 0 Å². The van der Waals surface area contributed by atoms with Crippen LogP contribution in [0.3, 0.4) is 0 Å². The number of benzene rings is 1. The van der Waals surface area contributed by atoms with Crippen molar-refractivity contribution in [1.29, 1.82) is 0 Å². The largest absolute Gasteiger partial charge is 0.494 e. The Morgan fingerprint density at radius 1 is 1.35 bits per heavy atom. The molecule has 1 heterocycles. The Hall–Kier alpha value is -2.37. The molecular formula is C14H18N4O2. The molecule has 0 spiro atoms. The Kier molecular flexibility index (Phi) is 5.11. The van der Waals surface area contributed by atoms with E-state index in [1.54, 1.807) is 0 Å². The monoisotopic (exact) mass is 274 g/mol. The molecule has 2 rings (SSSR count). The first-order valence-electron chi connectivity index (χ1n) is 6.54. The molecule has 2 aromatic rings. The number of aromatic nitrogens is 3. The summed E-state index contributed by atoms with van der Waals surface area (Å²) in [5.74, 6) is 1.46. The second-order valence-corrected chi connectivity index (χ2v) is 4.47. The van der Waals surface area contributed by atoms with Crippen LogP contribution in [0.1, 0.15) is 24.2 Å². The fourth-order valence-corrected chi connectivity index (χ4v) is 1.64. The Labute approximate surface area is 117 Å². The van der Waals surface area contributed by atoms with E-state index in [1.165, 1.54) is 11.9 Å². The molecular weight excluding hydrogens is 256 g/mol. The third-order valence-corrected chi connectivity index (χ3v) is 2.76. The van der Waals surface area contributed by atoms with Crippen LogP contribution < -0.4 is 10.1 Å². The van der Waals surface area contributed by atoms with E-state index in [0.29, 0.717) is 31.8 Å². The van der Waals surface area contributed by atoms with Crippen LogP contribution in [0, 0.1) is 6.92 Å². The summed E-state index contributed by atoms with van der Waals surface area (Å²) in [7, 11) is 0. The number of carbonyl (C=O) groups excluding carboxylic acids is 1. The highest BCUT2D eigenvalue weighted by Crippen LogP contribution is 2.11. The molecule has 1 aromatic carbocycles. The first-order valence-corrected chi connectivity index (χ1v) is 6.54. The number of hydrogen-bond acceptors (Lipinski definition) is 4. The smallest absolute Gasteiger partial charge is 0.220 e. The summed E-state index contributed by atoms with van der Waals surface area (Å²) in [4.78, 5) is 15.5. The van der Waals surface area contributed by atoms with Crippen LogP contribution >= 0.6 is 0 Å². The third-order valence-electron chi connectivity index (χ3n) is 2.76. The standard InChI is InChI=1S/C14H18N4O2/c1-11-4-6-12(7-5-11)20-8-2-3-14(19)15-9-13-16-10-17-18-13/h4-7,10H,2-3,8-9H2,1H3,(H,15,19)(H,16,17,18). The highest BCUT2D eigenvalue weighted by atomic mass is 16.5. The van der Waals surface area contributed by atoms with Gasteiger partial charge < -0.3 is 10.1 Å². The van der Waals surface area contributed by atoms with E-state index in [4.69, 9.17) is 4.74 Å². The molecule has 0 unspecified atom stereocenters. The van der Waals surface area contributed by atoms with E-state index < -0.39 is 0 Å². The molecule has 0 saturated heterocycles. The van der Waals surface area contributed by atoms with Crippen molar-refractivity contribution in [2.24, 2.45) is 0 Å². The van der Waals surface area contributed by atoms with Gasteiger partial charge in [-0.15, -0.1) is 0 Å². The van der Waals surface area contributed by atoms with Gasteiger partial charge in [-0.25, -0.2) is 4.98 Å². The molecule has 6 heteroatoms.